The maximum atomic E-state index is 12.9. The van der Waals surface area contributed by atoms with Crippen LogP contribution in [0.15, 0.2) is 42.5 Å². The Kier molecular flexibility index (Phi) is 5.82. The molecule has 0 atom stereocenters. The summed E-state index contributed by atoms with van der Waals surface area (Å²) in [5.41, 5.74) is 1.69. The van der Waals surface area contributed by atoms with Gasteiger partial charge in [0.2, 0.25) is 0 Å². The van der Waals surface area contributed by atoms with E-state index in [1.54, 1.807) is 44.5 Å². The molecule has 0 aliphatic heterocycles. The Balaban J connectivity index is 1.92. The SMILES string of the molecule is COc1cc(Cl)ccc1CNC(=O)N(C)Cc1ccc(F)cc1. The second-order valence-corrected chi connectivity index (χ2v) is 5.53. The van der Waals surface area contributed by atoms with Gasteiger partial charge in [0.15, 0.2) is 0 Å². The molecule has 0 bridgehead atoms. The fourth-order valence-electron chi connectivity index (χ4n) is 2.11. The highest BCUT2D eigenvalue weighted by atomic mass is 35.5. The lowest BCUT2D eigenvalue weighted by Gasteiger charge is -2.18. The normalized spacial score (nSPS) is 10.3. The summed E-state index contributed by atoms with van der Waals surface area (Å²) in [6, 6.07) is 11.1. The van der Waals surface area contributed by atoms with Crippen molar-refractivity contribution >= 4 is 17.6 Å². The molecule has 0 heterocycles. The van der Waals surface area contributed by atoms with Crippen molar-refractivity contribution in [1.82, 2.24) is 10.2 Å². The number of nitrogens with one attached hydrogen (secondary N) is 1. The molecular formula is C17H18ClFN2O2. The first kappa shape index (κ1) is 17.1. The average Bonchev–Trinajstić information content (AvgIpc) is 2.55. The Labute approximate surface area is 139 Å². The fraction of sp³-hybridized carbons (Fsp3) is 0.235. The Morgan fingerprint density at radius 2 is 1.96 bits per heavy atom. The second kappa shape index (κ2) is 7.83. The zero-order valence-corrected chi connectivity index (χ0v) is 13.7. The maximum absolute atomic E-state index is 12.9. The lowest BCUT2D eigenvalue weighted by atomic mass is 10.2. The Morgan fingerprint density at radius 1 is 1.26 bits per heavy atom. The van der Waals surface area contributed by atoms with Crippen molar-refractivity contribution < 1.29 is 13.9 Å². The van der Waals surface area contributed by atoms with E-state index in [0.717, 1.165) is 11.1 Å². The van der Waals surface area contributed by atoms with Crippen LogP contribution in [0.4, 0.5) is 9.18 Å². The molecule has 0 spiro atoms. The highest BCUT2D eigenvalue weighted by Gasteiger charge is 2.11. The van der Waals surface area contributed by atoms with Crippen molar-refractivity contribution in [2.75, 3.05) is 14.2 Å². The molecule has 4 nitrogen and oxygen atoms in total. The molecule has 1 N–H and O–H groups in total. The summed E-state index contributed by atoms with van der Waals surface area (Å²) in [5.74, 6) is 0.328. The van der Waals surface area contributed by atoms with Gasteiger partial charge in [0.1, 0.15) is 11.6 Å². The number of hydrogen-bond donors (Lipinski definition) is 1. The number of amides is 2. The number of benzene rings is 2. The van der Waals surface area contributed by atoms with Gasteiger partial charge in [-0.3, -0.25) is 0 Å². The molecule has 2 rings (SSSR count). The third kappa shape index (κ3) is 4.86. The van der Waals surface area contributed by atoms with E-state index in [-0.39, 0.29) is 11.8 Å². The number of rotatable bonds is 5. The van der Waals surface area contributed by atoms with E-state index < -0.39 is 0 Å². The van der Waals surface area contributed by atoms with Gasteiger partial charge in [0.05, 0.1) is 7.11 Å². The molecule has 0 saturated heterocycles. The third-order valence-corrected chi connectivity index (χ3v) is 3.59. The molecule has 2 aromatic rings. The van der Waals surface area contributed by atoms with Gasteiger partial charge >= 0.3 is 6.03 Å². The van der Waals surface area contributed by atoms with E-state index in [1.807, 2.05) is 0 Å². The Bertz CT molecular complexity index is 677. The third-order valence-electron chi connectivity index (χ3n) is 3.36. The summed E-state index contributed by atoms with van der Waals surface area (Å²) >= 11 is 5.91. The number of carbonyl (C=O) groups excluding carboxylic acids is 1. The number of urea groups is 1. The van der Waals surface area contributed by atoms with Crippen molar-refractivity contribution in [2.24, 2.45) is 0 Å². The van der Waals surface area contributed by atoms with Crippen molar-refractivity contribution in [3.8, 4) is 5.75 Å². The van der Waals surface area contributed by atoms with Gasteiger partial charge in [-0.25, -0.2) is 9.18 Å². The predicted octanol–water partition coefficient (Wildman–Crippen LogP) is 3.83. The van der Waals surface area contributed by atoms with Crippen molar-refractivity contribution in [1.29, 1.82) is 0 Å². The van der Waals surface area contributed by atoms with Gasteiger partial charge in [-0.2, -0.15) is 0 Å². The maximum Gasteiger partial charge on any atom is 0.317 e. The fourth-order valence-corrected chi connectivity index (χ4v) is 2.27. The first-order valence-corrected chi connectivity index (χ1v) is 7.43. The van der Waals surface area contributed by atoms with Crippen LogP contribution in [0.25, 0.3) is 0 Å². The smallest absolute Gasteiger partial charge is 0.317 e. The highest BCUT2D eigenvalue weighted by Crippen LogP contribution is 2.22. The van der Waals surface area contributed by atoms with Gasteiger partial charge in [0.25, 0.3) is 0 Å². The second-order valence-electron chi connectivity index (χ2n) is 5.10. The van der Waals surface area contributed by atoms with Gasteiger partial charge in [0, 0.05) is 30.7 Å². The highest BCUT2D eigenvalue weighted by molar-refractivity contribution is 6.30. The van der Waals surface area contributed by atoms with E-state index in [2.05, 4.69) is 5.32 Å². The lowest BCUT2D eigenvalue weighted by Crippen LogP contribution is -2.36. The number of nitrogens with zero attached hydrogens (tertiary/aromatic N) is 1. The van der Waals surface area contributed by atoms with Gasteiger partial charge in [-0.15, -0.1) is 0 Å². The number of ether oxygens (including phenoxy) is 1. The van der Waals surface area contributed by atoms with E-state index in [9.17, 15) is 9.18 Å². The lowest BCUT2D eigenvalue weighted by molar-refractivity contribution is 0.206. The molecule has 0 radical (unpaired) electrons. The first-order chi connectivity index (χ1) is 11.0. The molecule has 6 heteroatoms. The molecule has 0 fully saturated rings. The van der Waals surface area contributed by atoms with Crippen LogP contribution in [0.2, 0.25) is 5.02 Å². The number of methoxy groups -OCH3 is 1. The molecule has 23 heavy (non-hydrogen) atoms. The number of halogens is 2. The van der Waals surface area contributed by atoms with Crippen molar-refractivity contribution in [3.05, 3.63) is 64.4 Å². The van der Waals surface area contributed by atoms with E-state index >= 15 is 0 Å². The quantitative estimate of drug-likeness (QED) is 0.901. The Hall–Kier alpha value is -2.27. The van der Waals surface area contributed by atoms with Gasteiger partial charge < -0.3 is 15.0 Å². The minimum atomic E-state index is -0.296. The zero-order valence-electron chi connectivity index (χ0n) is 13.0. The van der Waals surface area contributed by atoms with Crippen molar-refractivity contribution in [3.63, 3.8) is 0 Å². The van der Waals surface area contributed by atoms with Crippen LogP contribution in [-0.2, 0) is 13.1 Å². The van der Waals surface area contributed by atoms with Crippen LogP contribution in [-0.4, -0.2) is 25.1 Å². The molecule has 0 unspecified atom stereocenters. The molecule has 122 valence electrons. The van der Waals surface area contributed by atoms with Crippen molar-refractivity contribution in [2.45, 2.75) is 13.1 Å². The van der Waals surface area contributed by atoms with E-state index in [4.69, 9.17) is 16.3 Å². The summed E-state index contributed by atoms with van der Waals surface area (Å²) < 4.78 is 18.1. The van der Waals surface area contributed by atoms with Crippen LogP contribution in [0.5, 0.6) is 5.75 Å². The van der Waals surface area contributed by atoms with Crippen LogP contribution in [0, 0.1) is 5.82 Å². The topological polar surface area (TPSA) is 41.6 Å². The minimum Gasteiger partial charge on any atom is -0.496 e. The molecule has 2 amide bonds. The largest absolute Gasteiger partial charge is 0.496 e. The summed E-state index contributed by atoms with van der Waals surface area (Å²) in [7, 11) is 3.23. The van der Waals surface area contributed by atoms with E-state index in [1.165, 1.54) is 17.0 Å². The monoisotopic (exact) mass is 336 g/mol. The van der Waals surface area contributed by atoms with Crippen LogP contribution < -0.4 is 10.1 Å². The molecule has 0 aliphatic carbocycles. The molecular weight excluding hydrogens is 319 g/mol. The minimum absolute atomic E-state index is 0.230. The zero-order chi connectivity index (χ0) is 16.8. The molecule has 0 aromatic heterocycles. The molecule has 0 aliphatic rings. The Morgan fingerprint density at radius 3 is 2.61 bits per heavy atom. The first-order valence-electron chi connectivity index (χ1n) is 7.05. The van der Waals surface area contributed by atoms with Gasteiger partial charge in [-0.05, 0) is 29.8 Å². The molecule has 2 aromatic carbocycles. The van der Waals surface area contributed by atoms with E-state index in [0.29, 0.717) is 23.9 Å². The standard InChI is InChI=1S/C17H18ClFN2O2/c1-21(11-12-3-7-15(19)8-4-12)17(22)20-10-13-5-6-14(18)9-16(13)23-2/h3-9H,10-11H2,1-2H3,(H,20,22). The molecule has 0 saturated carbocycles. The van der Waals surface area contributed by atoms with Crippen LogP contribution >= 0.6 is 11.6 Å². The predicted molar refractivity (Wildman–Crippen MR) is 88.1 cm³/mol. The summed E-state index contributed by atoms with van der Waals surface area (Å²) in [5, 5.41) is 3.39. The number of hydrogen-bond acceptors (Lipinski definition) is 2. The number of carbonyl (C=O) groups is 1. The summed E-state index contributed by atoms with van der Waals surface area (Å²) in [4.78, 5) is 13.7. The van der Waals surface area contributed by atoms with Gasteiger partial charge in [-0.1, -0.05) is 29.8 Å². The summed E-state index contributed by atoms with van der Waals surface area (Å²) in [6.45, 7) is 0.719. The summed E-state index contributed by atoms with van der Waals surface area (Å²) in [6.07, 6.45) is 0. The van der Waals surface area contributed by atoms with Crippen LogP contribution in [0.1, 0.15) is 11.1 Å². The average molecular weight is 337 g/mol. The van der Waals surface area contributed by atoms with Crippen LogP contribution in [0.3, 0.4) is 0 Å².